The van der Waals surface area contributed by atoms with E-state index in [0.717, 1.165) is 51.3 Å². The fraction of sp³-hybridized carbons (Fsp3) is 0.368. The third kappa shape index (κ3) is 5.49. The molecule has 30 heavy (non-hydrogen) atoms. The Balaban J connectivity index is 1.30. The van der Waals surface area contributed by atoms with Crippen LogP contribution in [-0.2, 0) is 11.2 Å². The van der Waals surface area contributed by atoms with Gasteiger partial charge in [-0.25, -0.2) is 9.97 Å². The van der Waals surface area contributed by atoms with E-state index in [0.29, 0.717) is 15.1 Å². The third-order valence-electron chi connectivity index (χ3n) is 4.59. The molecular weight excluding hydrogens is 442 g/mol. The van der Waals surface area contributed by atoms with Gasteiger partial charge in [-0.1, -0.05) is 0 Å². The molecule has 2 N–H and O–H groups in total. The van der Waals surface area contributed by atoms with E-state index in [4.69, 9.17) is 4.74 Å². The maximum atomic E-state index is 12.7. The second kappa shape index (κ2) is 10.2. The fourth-order valence-corrected chi connectivity index (χ4v) is 5.14. The first kappa shape index (κ1) is 21.1. The van der Waals surface area contributed by atoms with E-state index in [1.54, 1.807) is 17.0 Å². The zero-order valence-electron chi connectivity index (χ0n) is 16.1. The quantitative estimate of drug-likeness (QED) is 0.531. The first-order chi connectivity index (χ1) is 14.7. The number of aryl methyl sites for hydroxylation is 1. The summed E-state index contributed by atoms with van der Waals surface area (Å²) in [6, 6.07) is 2.01. The molecule has 0 radical (unpaired) electrons. The van der Waals surface area contributed by atoms with Crippen molar-refractivity contribution >= 4 is 56.1 Å². The average Bonchev–Trinajstić information content (AvgIpc) is 3.51. The predicted octanol–water partition coefficient (Wildman–Crippen LogP) is 3.43. The molecule has 3 aromatic heterocycles. The van der Waals surface area contributed by atoms with Crippen LogP contribution in [0.2, 0.25) is 0 Å². The molecule has 158 valence electrons. The number of ether oxygens (including phenoxy) is 1. The molecule has 0 atom stereocenters. The summed E-state index contributed by atoms with van der Waals surface area (Å²) in [4.78, 5) is 36.3. The summed E-state index contributed by atoms with van der Waals surface area (Å²) in [5.41, 5.74) is 1.30. The largest absolute Gasteiger partial charge is 0.379 e. The number of anilines is 2. The number of carbonyl (C=O) groups is 2. The Bertz CT molecular complexity index is 979. The van der Waals surface area contributed by atoms with Crippen LogP contribution in [0.15, 0.2) is 28.4 Å². The van der Waals surface area contributed by atoms with Gasteiger partial charge < -0.3 is 4.74 Å². The van der Waals surface area contributed by atoms with E-state index in [2.05, 4.69) is 25.5 Å². The topological polar surface area (TPSA) is 96.5 Å². The predicted molar refractivity (Wildman–Crippen MR) is 120 cm³/mol. The Morgan fingerprint density at radius 3 is 2.70 bits per heavy atom. The molecule has 0 aliphatic carbocycles. The number of thiazole rings is 2. The van der Waals surface area contributed by atoms with E-state index in [1.165, 1.54) is 34.0 Å². The molecule has 1 aliphatic rings. The zero-order valence-corrected chi connectivity index (χ0v) is 18.6. The summed E-state index contributed by atoms with van der Waals surface area (Å²) in [5.74, 6) is -0.533. The minimum absolute atomic E-state index is 0.187. The number of thiophene rings is 1. The molecule has 4 rings (SSSR count). The van der Waals surface area contributed by atoms with Crippen LogP contribution in [0.5, 0.6) is 0 Å². The summed E-state index contributed by atoms with van der Waals surface area (Å²) in [5, 5.41) is 11.8. The number of aromatic nitrogens is 2. The lowest BCUT2D eigenvalue weighted by Crippen LogP contribution is -2.36. The highest BCUT2D eigenvalue weighted by Gasteiger charge is 2.18. The number of rotatable bonds is 8. The van der Waals surface area contributed by atoms with Gasteiger partial charge in [0.2, 0.25) is 0 Å². The van der Waals surface area contributed by atoms with Crippen molar-refractivity contribution in [2.45, 2.75) is 12.8 Å². The molecule has 1 saturated heterocycles. The average molecular weight is 464 g/mol. The number of nitrogens with one attached hydrogen (secondary N) is 2. The Hall–Kier alpha value is -2.18. The first-order valence-corrected chi connectivity index (χ1v) is 12.2. The molecule has 1 fully saturated rings. The van der Waals surface area contributed by atoms with Gasteiger partial charge >= 0.3 is 0 Å². The number of amides is 2. The molecule has 11 heteroatoms. The summed E-state index contributed by atoms with van der Waals surface area (Å²) in [7, 11) is 0. The van der Waals surface area contributed by atoms with Gasteiger partial charge in [0.05, 0.1) is 18.1 Å². The van der Waals surface area contributed by atoms with Crippen molar-refractivity contribution in [1.29, 1.82) is 0 Å². The van der Waals surface area contributed by atoms with Crippen molar-refractivity contribution in [3.8, 4) is 0 Å². The highest BCUT2D eigenvalue weighted by atomic mass is 32.1. The van der Waals surface area contributed by atoms with Crippen LogP contribution in [0.25, 0.3) is 0 Å². The first-order valence-electron chi connectivity index (χ1n) is 9.53. The van der Waals surface area contributed by atoms with E-state index >= 15 is 0 Å². The second-order valence-corrected chi connectivity index (χ2v) is 9.28. The van der Waals surface area contributed by atoms with Crippen LogP contribution in [0.3, 0.4) is 0 Å². The molecule has 0 unspecified atom stereocenters. The van der Waals surface area contributed by atoms with Crippen LogP contribution in [0.4, 0.5) is 10.3 Å². The molecule has 0 saturated carbocycles. The van der Waals surface area contributed by atoms with Crippen molar-refractivity contribution in [2.75, 3.05) is 43.5 Å². The molecular formula is C19H21N5O3S3. The van der Waals surface area contributed by atoms with Crippen molar-refractivity contribution in [3.05, 3.63) is 44.5 Å². The van der Waals surface area contributed by atoms with Gasteiger partial charge in [-0.05, 0) is 36.4 Å². The third-order valence-corrected chi connectivity index (χ3v) is 6.99. The monoisotopic (exact) mass is 463 g/mol. The van der Waals surface area contributed by atoms with Gasteiger partial charge in [-0.15, -0.1) is 34.0 Å². The Kier molecular flexibility index (Phi) is 7.18. The minimum atomic E-state index is -0.346. The number of hydrogen-bond acceptors (Lipinski definition) is 9. The van der Waals surface area contributed by atoms with Crippen LogP contribution >= 0.6 is 34.0 Å². The SMILES string of the molecule is O=C(Nc1nccs1)c1csc(NC(=O)c2sccc2CCCN2CCOCC2)n1. The van der Waals surface area contributed by atoms with Gasteiger partial charge in [-0.2, -0.15) is 0 Å². The van der Waals surface area contributed by atoms with Gasteiger partial charge in [0, 0.05) is 30.0 Å². The summed E-state index contributed by atoms with van der Waals surface area (Å²) >= 11 is 3.98. The highest BCUT2D eigenvalue weighted by molar-refractivity contribution is 7.15. The lowest BCUT2D eigenvalue weighted by Gasteiger charge is -2.26. The van der Waals surface area contributed by atoms with E-state index in [9.17, 15) is 9.59 Å². The number of hydrogen-bond donors (Lipinski definition) is 2. The van der Waals surface area contributed by atoms with E-state index in [1.807, 2.05) is 11.4 Å². The van der Waals surface area contributed by atoms with Crippen LogP contribution < -0.4 is 10.6 Å². The summed E-state index contributed by atoms with van der Waals surface area (Å²) < 4.78 is 5.38. The lowest BCUT2D eigenvalue weighted by atomic mass is 10.1. The van der Waals surface area contributed by atoms with Gasteiger partial charge in [0.25, 0.3) is 11.8 Å². The van der Waals surface area contributed by atoms with Crippen LogP contribution in [0, 0.1) is 0 Å². The van der Waals surface area contributed by atoms with E-state index in [-0.39, 0.29) is 17.5 Å². The van der Waals surface area contributed by atoms with E-state index < -0.39 is 0 Å². The molecule has 0 bridgehead atoms. The van der Waals surface area contributed by atoms with Crippen LogP contribution in [0.1, 0.15) is 32.1 Å². The van der Waals surface area contributed by atoms with Crippen molar-refractivity contribution in [1.82, 2.24) is 14.9 Å². The number of morpholine rings is 1. The normalized spacial score (nSPS) is 14.5. The maximum absolute atomic E-state index is 12.7. The Labute approximate surface area is 185 Å². The minimum Gasteiger partial charge on any atom is -0.379 e. The van der Waals surface area contributed by atoms with Crippen molar-refractivity contribution in [2.24, 2.45) is 0 Å². The molecule has 0 spiro atoms. The molecule has 4 heterocycles. The van der Waals surface area contributed by atoms with Gasteiger partial charge in [0.1, 0.15) is 5.69 Å². The van der Waals surface area contributed by atoms with Crippen molar-refractivity contribution < 1.29 is 14.3 Å². The number of nitrogens with zero attached hydrogens (tertiary/aromatic N) is 3. The maximum Gasteiger partial charge on any atom is 0.276 e. The smallest absolute Gasteiger partial charge is 0.276 e. The molecule has 1 aliphatic heterocycles. The van der Waals surface area contributed by atoms with Gasteiger partial charge in [0.15, 0.2) is 10.3 Å². The second-order valence-electron chi connectivity index (χ2n) is 6.62. The standard InChI is InChI=1S/C19H21N5O3S3/c25-16(22-18-20-4-11-29-18)14-12-30-19(21-14)23-17(26)15-13(3-10-28-15)2-1-5-24-6-8-27-9-7-24/h3-4,10-12H,1-2,5-9H2,(H,20,22,25)(H,21,23,26). The number of carbonyl (C=O) groups excluding carboxylic acids is 2. The van der Waals surface area contributed by atoms with Gasteiger partial charge in [-0.3, -0.25) is 25.1 Å². The molecule has 3 aromatic rings. The summed E-state index contributed by atoms with van der Waals surface area (Å²) in [6.45, 7) is 4.54. The zero-order chi connectivity index (χ0) is 20.8. The lowest BCUT2D eigenvalue weighted by molar-refractivity contribution is 0.0374. The molecule has 2 amide bonds. The summed E-state index contributed by atoms with van der Waals surface area (Å²) in [6.07, 6.45) is 3.46. The van der Waals surface area contributed by atoms with Crippen LogP contribution in [-0.4, -0.2) is 59.5 Å². The molecule has 0 aromatic carbocycles. The van der Waals surface area contributed by atoms with Crippen molar-refractivity contribution in [3.63, 3.8) is 0 Å². The Morgan fingerprint density at radius 2 is 1.90 bits per heavy atom. The Morgan fingerprint density at radius 1 is 1.07 bits per heavy atom. The molecule has 8 nitrogen and oxygen atoms in total. The fourth-order valence-electron chi connectivity index (χ4n) is 3.09. The highest BCUT2D eigenvalue weighted by Crippen LogP contribution is 2.23.